The molecule has 1 heterocycles. The highest BCUT2D eigenvalue weighted by Gasteiger charge is 2.15. The topological polar surface area (TPSA) is 24.5 Å². The number of nitrogens with one attached hydrogen (secondary N) is 1. The second-order valence-corrected chi connectivity index (χ2v) is 5.94. The number of nitrogens with zero attached hydrogens (tertiary/aromatic N) is 1. The molecule has 0 bridgehead atoms. The first-order valence-electron chi connectivity index (χ1n) is 8.44. The zero-order valence-electron chi connectivity index (χ0n) is 14.2. The molecule has 0 aromatic heterocycles. The molecule has 1 aliphatic carbocycles. The summed E-state index contributed by atoms with van der Waals surface area (Å²) in [6.45, 7) is 7.65. The fourth-order valence-corrected chi connectivity index (χ4v) is 2.93. The Morgan fingerprint density at radius 2 is 2.00 bits per heavy atom. The molecule has 0 spiro atoms. The maximum absolute atomic E-state index is 5.43. The van der Waals surface area contributed by atoms with E-state index in [1.54, 1.807) is 0 Å². The predicted octanol–water partition coefficient (Wildman–Crippen LogP) is 3.55. The van der Waals surface area contributed by atoms with Gasteiger partial charge < -0.3 is 15.0 Å². The molecule has 1 saturated heterocycles. The molecule has 1 atom stereocenters. The number of benzene rings is 1. The first-order chi connectivity index (χ1) is 11.8. The molecule has 124 valence electrons. The molecule has 3 nitrogen and oxygen atoms in total. The van der Waals surface area contributed by atoms with Crippen molar-refractivity contribution in [2.24, 2.45) is 0 Å². The minimum absolute atomic E-state index is 0.122. The lowest BCUT2D eigenvalue weighted by atomic mass is 9.95. The van der Waals surface area contributed by atoms with Gasteiger partial charge >= 0.3 is 0 Å². The van der Waals surface area contributed by atoms with Gasteiger partial charge in [-0.25, -0.2) is 0 Å². The van der Waals surface area contributed by atoms with Gasteiger partial charge in [-0.3, -0.25) is 0 Å². The molecule has 0 saturated carbocycles. The molecule has 24 heavy (non-hydrogen) atoms. The Morgan fingerprint density at radius 1 is 1.25 bits per heavy atom. The van der Waals surface area contributed by atoms with Crippen LogP contribution in [-0.2, 0) is 4.74 Å². The van der Waals surface area contributed by atoms with Gasteiger partial charge in [0.05, 0.1) is 19.1 Å². The number of allylic oxidation sites excluding steroid dienone is 3. The van der Waals surface area contributed by atoms with Crippen molar-refractivity contribution in [3.05, 3.63) is 65.9 Å². The van der Waals surface area contributed by atoms with E-state index < -0.39 is 0 Å². The summed E-state index contributed by atoms with van der Waals surface area (Å²) in [5.74, 6) is 6.75. The molecule has 1 fully saturated rings. The summed E-state index contributed by atoms with van der Waals surface area (Å²) in [5.41, 5.74) is 4.57. The maximum atomic E-state index is 5.43. The van der Waals surface area contributed by atoms with Gasteiger partial charge in [0.1, 0.15) is 0 Å². The molecule has 1 aliphatic heterocycles. The molecule has 2 aliphatic rings. The van der Waals surface area contributed by atoms with E-state index >= 15 is 0 Å². The normalized spacial score (nSPS) is 23.8. The molecule has 1 unspecified atom stereocenters. The van der Waals surface area contributed by atoms with E-state index in [1.807, 2.05) is 7.05 Å². The SMILES string of the molecule is C=C(C1=C/CC#CC(c2ccc(NC)cc2)/C=C\1)N1CCOCC1. The summed E-state index contributed by atoms with van der Waals surface area (Å²) >= 11 is 0. The Morgan fingerprint density at radius 3 is 2.71 bits per heavy atom. The zero-order chi connectivity index (χ0) is 16.8. The van der Waals surface area contributed by atoms with E-state index in [1.165, 1.54) is 11.1 Å². The molecule has 1 N–H and O–H groups in total. The van der Waals surface area contributed by atoms with Crippen LogP contribution in [0.5, 0.6) is 0 Å². The minimum atomic E-state index is 0.122. The minimum Gasteiger partial charge on any atom is -0.388 e. The Hall–Kier alpha value is -2.44. The lowest BCUT2D eigenvalue weighted by Crippen LogP contribution is -2.35. The number of hydrogen-bond acceptors (Lipinski definition) is 3. The third-order valence-electron chi connectivity index (χ3n) is 4.43. The molecular formula is C21H24N2O. The van der Waals surface area contributed by atoms with E-state index in [9.17, 15) is 0 Å². The van der Waals surface area contributed by atoms with Crippen LogP contribution < -0.4 is 5.32 Å². The van der Waals surface area contributed by atoms with E-state index in [0.717, 1.165) is 44.1 Å². The molecule has 1 aromatic carbocycles. The first kappa shape index (κ1) is 16.4. The summed E-state index contributed by atoms with van der Waals surface area (Å²) in [6, 6.07) is 8.45. The van der Waals surface area contributed by atoms with Crippen molar-refractivity contribution in [1.29, 1.82) is 0 Å². The number of morpholine rings is 1. The highest BCUT2D eigenvalue weighted by molar-refractivity contribution is 5.48. The van der Waals surface area contributed by atoms with E-state index in [0.29, 0.717) is 0 Å². The van der Waals surface area contributed by atoms with Gasteiger partial charge in [-0.05, 0) is 23.3 Å². The fourth-order valence-electron chi connectivity index (χ4n) is 2.93. The summed E-state index contributed by atoms with van der Waals surface area (Å²) in [4.78, 5) is 2.30. The highest BCUT2D eigenvalue weighted by Crippen LogP contribution is 2.24. The first-order valence-corrected chi connectivity index (χ1v) is 8.44. The second-order valence-electron chi connectivity index (χ2n) is 5.94. The van der Waals surface area contributed by atoms with Crippen LogP contribution >= 0.6 is 0 Å². The Balaban J connectivity index is 1.76. The third kappa shape index (κ3) is 3.90. The smallest absolute Gasteiger partial charge is 0.0642 e. The van der Waals surface area contributed by atoms with Crippen molar-refractivity contribution in [2.75, 3.05) is 38.7 Å². The van der Waals surface area contributed by atoms with Crippen LogP contribution in [0.15, 0.2) is 60.3 Å². The number of rotatable bonds is 4. The Bertz CT molecular complexity index is 698. The highest BCUT2D eigenvalue weighted by atomic mass is 16.5. The average Bonchev–Trinajstić information content (AvgIpc) is 2.62. The lowest BCUT2D eigenvalue weighted by molar-refractivity contribution is 0.0551. The van der Waals surface area contributed by atoms with Crippen LogP contribution in [0, 0.1) is 11.8 Å². The summed E-state index contributed by atoms with van der Waals surface area (Å²) in [7, 11) is 1.93. The lowest BCUT2D eigenvalue weighted by Gasteiger charge is -2.31. The number of ether oxygens (including phenoxy) is 1. The van der Waals surface area contributed by atoms with Crippen LogP contribution in [-0.4, -0.2) is 38.3 Å². The van der Waals surface area contributed by atoms with E-state index in [4.69, 9.17) is 4.74 Å². The average molecular weight is 320 g/mol. The molecule has 0 amide bonds. The van der Waals surface area contributed by atoms with E-state index in [2.05, 4.69) is 71.1 Å². The van der Waals surface area contributed by atoms with Gasteiger partial charge in [0.2, 0.25) is 0 Å². The maximum Gasteiger partial charge on any atom is 0.0642 e. The van der Waals surface area contributed by atoms with Crippen LogP contribution in [0.25, 0.3) is 0 Å². The largest absolute Gasteiger partial charge is 0.388 e. The van der Waals surface area contributed by atoms with Gasteiger partial charge in [-0.15, -0.1) is 0 Å². The van der Waals surface area contributed by atoms with Crippen molar-refractivity contribution in [1.82, 2.24) is 4.90 Å². The van der Waals surface area contributed by atoms with Crippen molar-refractivity contribution < 1.29 is 4.74 Å². The summed E-state index contributed by atoms with van der Waals surface area (Å²) in [6.07, 6.45) is 7.27. The van der Waals surface area contributed by atoms with Gasteiger partial charge in [-0.1, -0.05) is 48.8 Å². The van der Waals surface area contributed by atoms with Gasteiger partial charge in [0, 0.05) is 37.9 Å². The number of hydrogen-bond donors (Lipinski definition) is 1. The molecule has 1 aromatic rings. The van der Waals surface area contributed by atoms with Crippen LogP contribution in [0.4, 0.5) is 5.69 Å². The summed E-state index contributed by atoms with van der Waals surface area (Å²) < 4.78 is 5.43. The monoisotopic (exact) mass is 320 g/mol. The van der Waals surface area contributed by atoms with Crippen molar-refractivity contribution >= 4 is 5.69 Å². The second kappa shape index (κ2) is 7.90. The van der Waals surface area contributed by atoms with Gasteiger partial charge in [-0.2, -0.15) is 0 Å². The van der Waals surface area contributed by atoms with E-state index in [-0.39, 0.29) is 5.92 Å². The van der Waals surface area contributed by atoms with Crippen molar-refractivity contribution in [3.63, 3.8) is 0 Å². The molecule has 0 radical (unpaired) electrons. The molecular weight excluding hydrogens is 296 g/mol. The van der Waals surface area contributed by atoms with Crippen LogP contribution in [0.3, 0.4) is 0 Å². The third-order valence-corrected chi connectivity index (χ3v) is 4.43. The summed E-state index contributed by atoms with van der Waals surface area (Å²) in [5, 5.41) is 3.15. The van der Waals surface area contributed by atoms with Crippen molar-refractivity contribution in [2.45, 2.75) is 12.3 Å². The quantitative estimate of drug-likeness (QED) is 0.859. The predicted molar refractivity (Wildman–Crippen MR) is 99.9 cm³/mol. The van der Waals surface area contributed by atoms with Crippen molar-refractivity contribution in [3.8, 4) is 11.8 Å². The number of anilines is 1. The Labute approximate surface area is 144 Å². The standard InChI is InChI=1S/C21H24N2O/c1-17(23-13-15-24-16-14-23)18-5-3-4-6-19(8-7-18)20-9-11-21(22-2)12-10-20/h5,7-12,19,22H,1,3,13-16H2,2H3/b8-7-,18-5+. The zero-order valence-corrected chi connectivity index (χ0v) is 14.2. The van der Waals surface area contributed by atoms with Crippen LogP contribution in [0.2, 0.25) is 0 Å². The van der Waals surface area contributed by atoms with Gasteiger partial charge in [0.25, 0.3) is 0 Å². The Kier molecular flexibility index (Phi) is 5.40. The molecule has 3 rings (SSSR count). The molecule has 3 heteroatoms. The van der Waals surface area contributed by atoms with Crippen LogP contribution in [0.1, 0.15) is 17.9 Å². The fraction of sp³-hybridized carbons (Fsp3) is 0.333. The van der Waals surface area contributed by atoms with Gasteiger partial charge in [0.15, 0.2) is 0 Å².